The molecular formula is C20H22N6O2. The molecule has 0 aliphatic carbocycles. The molecule has 3 amide bonds. The number of anilines is 2. The van der Waals surface area contributed by atoms with E-state index in [-0.39, 0.29) is 11.9 Å². The van der Waals surface area contributed by atoms with Gasteiger partial charge in [-0.05, 0) is 42.3 Å². The van der Waals surface area contributed by atoms with Gasteiger partial charge in [0.05, 0.1) is 6.54 Å². The first-order valence-corrected chi connectivity index (χ1v) is 8.91. The number of nitrogens with zero attached hydrogens (tertiary/aromatic N) is 3. The summed E-state index contributed by atoms with van der Waals surface area (Å²) >= 11 is 0. The molecular weight excluding hydrogens is 356 g/mol. The Labute approximate surface area is 163 Å². The number of aromatic nitrogens is 3. The lowest BCUT2D eigenvalue weighted by Gasteiger charge is -2.10. The maximum Gasteiger partial charge on any atom is 0.323 e. The van der Waals surface area contributed by atoms with Crippen LogP contribution in [0.15, 0.2) is 61.2 Å². The van der Waals surface area contributed by atoms with Crippen molar-refractivity contribution in [1.29, 1.82) is 0 Å². The Morgan fingerprint density at radius 3 is 2.50 bits per heavy atom. The molecule has 8 heteroatoms. The van der Waals surface area contributed by atoms with Crippen LogP contribution in [-0.2, 0) is 17.9 Å². The van der Waals surface area contributed by atoms with Gasteiger partial charge in [-0.15, -0.1) is 0 Å². The van der Waals surface area contributed by atoms with Crippen LogP contribution in [0.2, 0.25) is 0 Å². The highest BCUT2D eigenvalue weighted by molar-refractivity contribution is 5.99. The molecule has 144 valence electrons. The van der Waals surface area contributed by atoms with Gasteiger partial charge in [0.2, 0.25) is 5.91 Å². The van der Waals surface area contributed by atoms with Crippen LogP contribution in [0.4, 0.5) is 16.2 Å². The second-order valence-corrected chi connectivity index (χ2v) is 6.33. The van der Waals surface area contributed by atoms with Gasteiger partial charge in [0.25, 0.3) is 0 Å². The normalized spacial score (nSPS) is 10.3. The van der Waals surface area contributed by atoms with Crippen molar-refractivity contribution < 1.29 is 9.59 Å². The van der Waals surface area contributed by atoms with Crippen molar-refractivity contribution in [1.82, 2.24) is 20.1 Å². The zero-order chi connectivity index (χ0) is 19.8. The molecule has 8 nitrogen and oxygen atoms in total. The lowest BCUT2D eigenvalue weighted by atomic mass is 10.2. The molecule has 0 fully saturated rings. The van der Waals surface area contributed by atoms with Crippen molar-refractivity contribution >= 4 is 23.3 Å². The third-order valence-corrected chi connectivity index (χ3v) is 3.99. The minimum atomic E-state index is -0.320. The molecule has 3 rings (SSSR count). The summed E-state index contributed by atoms with van der Waals surface area (Å²) in [5.74, 6) is -0.0777. The number of urea groups is 1. The van der Waals surface area contributed by atoms with Gasteiger partial charge < -0.3 is 16.0 Å². The predicted octanol–water partition coefficient (Wildman–Crippen LogP) is 2.94. The largest absolute Gasteiger partial charge is 0.352 e. The average Bonchev–Trinajstić information content (AvgIpc) is 3.18. The van der Waals surface area contributed by atoms with E-state index in [9.17, 15) is 9.59 Å². The van der Waals surface area contributed by atoms with Crippen molar-refractivity contribution in [2.24, 2.45) is 0 Å². The molecule has 0 radical (unpaired) electrons. The molecule has 28 heavy (non-hydrogen) atoms. The molecule has 1 aromatic heterocycles. The fourth-order valence-corrected chi connectivity index (χ4v) is 2.63. The number of benzene rings is 2. The third-order valence-electron chi connectivity index (χ3n) is 3.99. The molecule has 3 aromatic rings. The number of hydrogen-bond acceptors (Lipinski definition) is 4. The zero-order valence-electron chi connectivity index (χ0n) is 15.6. The van der Waals surface area contributed by atoms with Crippen LogP contribution in [0.25, 0.3) is 0 Å². The van der Waals surface area contributed by atoms with E-state index in [0.717, 1.165) is 16.8 Å². The lowest BCUT2D eigenvalue weighted by molar-refractivity contribution is -0.121. The molecule has 1 heterocycles. The van der Waals surface area contributed by atoms with Crippen LogP contribution in [0.5, 0.6) is 0 Å². The van der Waals surface area contributed by atoms with Gasteiger partial charge in [-0.3, -0.25) is 9.48 Å². The minimum Gasteiger partial charge on any atom is -0.352 e. The number of nitrogens with one attached hydrogen (secondary N) is 3. The predicted molar refractivity (Wildman–Crippen MR) is 107 cm³/mol. The quantitative estimate of drug-likeness (QED) is 0.588. The van der Waals surface area contributed by atoms with E-state index >= 15 is 0 Å². The first-order chi connectivity index (χ1) is 13.6. The zero-order valence-corrected chi connectivity index (χ0v) is 15.6. The second kappa shape index (κ2) is 9.31. The van der Waals surface area contributed by atoms with Crippen LogP contribution in [0.3, 0.4) is 0 Å². The number of hydrogen-bond donors (Lipinski definition) is 3. The molecule has 0 unspecified atom stereocenters. The highest BCUT2D eigenvalue weighted by Gasteiger charge is 2.05. The molecule has 3 N–H and O–H groups in total. The summed E-state index contributed by atoms with van der Waals surface area (Å²) in [5.41, 5.74) is 3.34. The van der Waals surface area contributed by atoms with Gasteiger partial charge in [0.15, 0.2) is 0 Å². The van der Waals surface area contributed by atoms with Crippen molar-refractivity contribution in [2.45, 2.75) is 26.4 Å². The molecule has 0 saturated carbocycles. The molecule has 0 saturated heterocycles. The maximum absolute atomic E-state index is 12.2. The van der Waals surface area contributed by atoms with Gasteiger partial charge in [0, 0.05) is 24.3 Å². The van der Waals surface area contributed by atoms with Gasteiger partial charge in [-0.25, -0.2) is 9.78 Å². The Bertz CT molecular complexity index is 939. The SMILES string of the molecule is Cc1cccc(NC(=O)Nc2cccc(CNC(=O)CCn3cncn3)c2)c1. The van der Waals surface area contributed by atoms with Gasteiger partial charge >= 0.3 is 6.03 Å². The number of rotatable bonds is 7. The Morgan fingerprint density at radius 1 is 1.04 bits per heavy atom. The molecule has 0 aliphatic rings. The summed E-state index contributed by atoms with van der Waals surface area (Å²) in [5, 5.41) is 12.4. The molecule has 0 atom stereocenters. The molecule has 0 aliphatic heterocycles. The standard InChI is InChI=1S/C20H22N6O2/c1-15-4-2-6-17(10-15)24-20(28)25-18-7-3-5-16(11-18)12-22-19(27)8-9-26-14-21-13-23-26/h2-7,10-11,13-14H,8-9,12H2,1H3,(H,22,27)(H2,24,25,28). The van der Waals surface area contributed by atoms with Gasteiger partial charge in [0.1, 0.15) is 12.7 Å². The number of amides is 3. The van der Waals surface area contributed by atoms with Crippen LogP contribution in [-0.4, -0.2) is 26.7 Å². The summed E-state index contributed by atoms with van der Waals surface area (Å²) < 4.78 is 1.61. The smallest absolute Gasteiger partial charge is 0.323 e. The Balaban J connectivity index is 1.47. The maximum atomic E-state index is 12.2. The Morgan fingerprint density at radius 2 is 1.79 bits per heavy atom. The molecule has 0 spiro atoms. The Hall–Kier alpha value is -3.68. The Kier molecular flexibility index (Phi) is 6.35. The third kappa shape index (κ3) is 5.94. The van der Waals surface area contributed by atoms with Crippen LogP contribution >= 0.6 is 0 Å². The van der Waals surface area contributed by atoms with E-state index in [1.54, 1.807) is 17.1 Å². The summed E-state index contributed by atoms with van der Waals surface area (Å²) in [7, 11) is 0. The lowest BCUT2D eigenvalue weighted by Crippen LogP contribution is -2.24. The fourth-order valence-electron chi connectivity index (χ4n) is 2.63. The molecule has 2 aromatic carbocycles. The van der Waals surface area contributed by atoms with Crippen molar-refractivity contribution in [3.8, 4) is 0 Å². The summed E-state index contributed by atoms with van der Waals surface area (Å²) in [4.78, 5) is 28.0. The first kappa shape index (κ1) is 19.1. The average molecular weight is 378 g/mol. The van der Waals surface area contributed by atoms with E-state index in [4.69, 9.17) is 0 Å². The number of carbonyl (C=O) groups excluding carboxylic acids is 2. The fraction of sp³-hybridized carbons (Fsp3) is 0.200. The molecule has 0 bridgehead atoms. The van der Waals surface area contributed by atoms with Gasteiger partial charge in [-0.2, -0.15) is 5.10 Å². The number of aryl methyl sites for hydroxylation is 2. The summed E-state index contributed by atoms with van der Waals surface area (Å²) in [6.45, 7) is 2.82. The van der Waals surface area contributed by atoms with Crippen LogP contribution < -0.4 is 16.0 Å². The van der Waals surface area contributed by atoms with Crippen LogP contribution in [0, 0.1) is 6.92 Å². The van der Waals surface area contributed by atoms with Crippen LogP contribution in [0.1, 0.15) is 17.5 Å². The van der Waals surface area contributed by atoms with Crippen molar-refractivity contribution in [3.63, 3.8) is 0 Å². The first-order valence-electron chi connectivity index (χ1n) is 8.91. The van der Waals surface area contributed by atoms with E-state index < -0.39 is 0 Å². The van der Waals surface area contributed by atoms with Gasteiger partial charge in [-0.1, -0.05) is 24.3 Å². The summed E-state index contributed by atoms with van der Waals surface area (Å²) in [6, 6.07) is 14.6. The van der Waals surface area contributed by atoms with E-state index in [1.165, 1.54) is 6.33 Å². The van der Waals surface area contributed by atoms with E-state index in [0.29, 0.717) is 25.2 Å². The second-order valence-electron chi connectivity index (χ2n) is 6.33. The topological polar surface area (TPSA) is 101 Å². The monoisotopic (exact) mass is 378 g/mol. The van der Waals surface area contributed by atoms with Crippen molar-refractivity contribution in [2.75, 3.05) is 10.6 Å². The number of carbonyl (C=O) groups is 2. The highest BCUT2D eigenvalue weighted by Crippen LogP contribution is 2.13. The van der Waals surface area contributed by atoms with E-state index in [2.05, 4.69) is 26.0 Å². The van der Waals surface area contributed by atoms with E-state index in [1.807, 2.05) is 49.4 Å². The minimum absolute atomic E-state index is 0.0777. The van der Waals surface area contributed by atoms with Crippen molar-refractivity contribution in [3.05, 3.63) is 72.3 Å². The summed E-state index contributed by atoms with van der Waals surface area (Å²) in [6.07, 6.45) is 3.33. The highest BCUT2D eigenvalue weighted by atomic mass is 16.2.